The maximum atomic E-state index is 12.3. The molecule has 12 nitrogen and oxygen atoms in total. The smallest absolute Gasteiger partial charge is 0.233 e. The number of rotatable bonds is 18. The minimum absolute atomic E-state index is 0.0628. The van der Waals surface area contributed by atoms with Gasteiger partial charge in [-0.05, 0) is 48.2 Å². The van der Waals surface area contributed by atoms with E-state index >= 15 is 0 Å². The Bertz CT molecular complexity index is 1240. The molecule has 0 atom stereocenters. The zero-order chi connectivity index (χ0) is 30.1. The lowest BCUT2D eigenvalue weighted by molar-refractivity contribution is -0.120. The number of anilines is 4. The number of hydrogen-bond donors (Lipinski definition) is 5. The molecule has 0 saturated heterocycles. The first-order chi connectivity index (χ1) is 21.1. The van der Waals surface area contributed by atoms with Crippen LogP contribution in [0.25, 0.3) is 0 Å². The van der Waals surface area contributed by atoms with Crippen LogP contribution >= 0.6 is 0 Å². The minimum Gasteiger partial charge on any atom is -0.497 e. The van der Waals surface area contributed by atoms with Crippen molar-refractivity contribution in [3.05, 3.63) is 59.7 Å². The van der Waals surface area contributed by atoms with Crippen LogP contribution in [0.3, 0.4) is 0 Å². The van der Waals surface area contributed by atoms with Gasteiger partial charge < -0.3 is 41.2 Å². The minimum atomic E-state index is -0.0628. The summed E-state index contributed by atoms with van der Waals surface area (Å²) in [6.45, 7) is 3.42. The van der Waals surface area contributed by atoms with Gasteiger partial charge in [-0.15, -0.1) is 0 Å². The lowest BCUT2D eigenvalue weighted by Crippen LogP contribution is -2.29. The first-order valence-electron chi connectivity index (χ1n) is 15.0. The number of nitrogens with two attached hydrogens (primary N) is 1. The van der Waals surface area contributed by atoms with E-state index in [0.717, 1.165) is 35.4 Å². The van der Waals surface area contributed by atoms with Gasteiger partial charge in [0.15, 0.2) is 0 Å². The molecule has 1 heterocycles. The van der Waals surface area contributed by atoms with Gasteiger partial charge in [0.25, 0.3) is 0 Å². The normalized spacial score (nSPS) is 13.3. The molecule has 3 aromatic rings. The van der Waals surface area contributed by atoms with Crippen molar-refractivity contribution < 1.29 is 19.0 Å². The molecule has 6 N–H and O–H groups in total. The van der Waals surface area contributed by atoms with Crippen LogP contribution in [0.5, 0.6) is 5.75 Å². The number of amides is 1. The van der Waals surface area contributed by atoms with Crippen LogP contribution in [0.2, 0.25) is 0 Å². The van der Waals surface area contributed by atoms with Crippen LogP contribution in [0, 0.1) is 0 Å². The Morgan fingerprint density at radius 1 is 0.837 bits per heavy atom. The molecule has 1 aliphatic rings. The summed E-state index contributed by atoms with van der Waals surface area (Å²) >= 11 is 0. The molecule has 0 radical (unpaired) electrons. The maximum Gasteiger partial charge on any atom is 0.233 e. The van der Waals surface area contributed by atoms with Crippen LogP contribution in [0.4, 0.5) is 23.5 Å². The van der Waals surface area contributed by atoms with Gasteiger partial charge in [0.2, 0.25) is 23.8 Å². The zero-order valence-electron chi connectivity index (χ0n) is 24.9. The van der Waals surface area contributed by atoms with E-state index in [-0.39, 0.29) is 12.3 Å². The van der Waals surface area contributed by atoms with Crippen LogP contribution in [0.1, 0.15) is 43.2 Å². The Morgan fingerprint density at radius 3 is 2.23 bits per heavy atom. The highest BCUT2D eigenvalue weighted by atomic mass is 16.5. The number of nitrogens with zero attached hydrogens (tertiary/aromatic N) is 3. The van der Waals surface area contributed by atoms with Gasteiger partial charge in [-0.1, -0.05) is 43.5 Å². The lowest BCUT2D eigenvalue weighted by Gasteiger charge is -2.23. The molecule has 1 saturated carbocycles. The molecule has 0 spiro atoms. The Hall–Kier alpha value is -4.00. The van der Waals surface area contributed by atoms with Crippen molar-refractivity contribution in [1.29, 1.82) is 0 Å². The number of methoxy groups -OCH3 is 1. The van der Waals surface area contributed by atoms with E-state index in [2.05, 4.69) is 36.2 Å². The highest BCUT2D eigenvalue weighted by Crippen LogP contribution is 2.22. The monoisotopic (exact) mass is 592 g/mol. The number of hydrogen-bond acceptors (Lipinski definition) is 11. The number of carbonyl (C=O) groups is 1. The van der Waals surface area contributed by atoms with Crippen molar-refractivity contribution in [3.63, 3.8) is 0 Å². The summed E-state index contributed by atoms with van der Waals surface area (Å²) in [6.07, 6.45) is 6.18. The fourth-order valence-corrected chi connectivity index (χ4v) is 4.68. The number of carbonyl (C=O) groups excluding carboxylic acids is 1. The number of benzene rings is 2. The van der Waals surface area contributed by atoms with Gasteiger partial charge in [-0.25, -0.2) is 0 Å². The summed E-state index contributed by atoms with van der Waals surface area (Å²) in [6, 6.07) is 15.9. The topological polar surface area (TPSA) is 158 Å². The Morgan fingerprint density at radius 2 is 1.51 bits per heavy atom. The van der Waals surface area contributed by atoms with E-state index < -0.39 is 0 Å². The Kier molecular flexibility index (Phi) is 13.2. The van der Waals surface area contributed by atoms with E-state index in [4.69, 9.17) is 19.9 Å². The second-order valence-electron chi connectivity index (χ2n) is 10.3. The predicted molar refractivity (Wildman–Crippen MR) is 168 cm³/mol. The van der Waals surface area contributed by atoms with Crippen molar-refractivity contribution in [2.75, 3.05) is 62.6 Å². The molecule has 0 aliphatic heterocycles. The molecule has 1 amide bonds. The fourth-order valence-electron chi connectivity index (χ4n) is 4.68. The van der Waals surface area contributed by atoms with E-state index in [0.29, 0.717) is 69.9 Å². The molecule has 43 heavy (non-hydrogen) atoms. The van der Waals surface area contributed by atoms with Gasteiger partial charge in [0.05, 0.1) is 40.0 Å². The van der Waals surface area contributed by atoms with Gasteiger partial charge >= 0.3 is 0 Å². The average molecular weight is 593 g/mol. The Balaban J connectivity index is 1.31. The molecular weight excluding hydrogens is 548 g/mol. The van der Waals surface area contributed by atoms with E-state index in [1.165, 1.54) is 19.3 Å². The third-order valence-corrected chi connectivity index (χ3v) is 6.96. The summed E-state index contributed by atoms with van der Waals surface area (Å²) in [5.41, 5.74) is 8.16. The summed E-state index contributed by atoms with van der Waals surface area (Å²) < 4.78 is 15.9. The highest BCUT2D eigenvalue weighted by Gasteiger charge is 2.16. The molecule has 232 valence electrons. The van der Waals surface area contributed by atoms with Crippen molar-refractivity contribution in [1.82, 2.24) is 20.3 Å². The fraction of sp³-hybridized carbons (Fsp3) is 0.484. The van der Waals surface area contributed by atoms with Crippen molar-refractivity contribution in [2.24, 2.45) is 5.73 Å². The number of nitrogens with one attached hydrogen (secondary N) is 4. The van der Waals surface area contributed by atoms with Crippen LogP contribution < -0.4 is 31.7 Å². The quantitative estimate of drug-likeness (QED) is 0.137. The largest absolute Gasteiger partial charge is 0.497 e. The summed E-state index contributed by atoms with van der Waals surface area (Å²) in [5.74, 6) is 2.21. The van der Waals surface area contributed by atoms with Crippen LogP contribution in [-0.2, 0) is 27.2 Å². The first kappa shape index (κ1) is 31.9. The number of aromatic nitrogens is 3. The van der Waals surface area contributed by atoms with Crippen LogP contribution in [0.15, 0.2) is 48.5 Å². The average Bonchev–Trinajstić information content (AvgIpc) is 3.03. The van der Waals surface area contributed by atoms with Gasteiger partial charge in [0, 0.05) is 31.4 Å². The zero-order valence-corrected chi connectivity index (χ0v) is 24.9. The SMILES string of the molecule is COc1ccc(CNc2nc(Nc3ccc(CC(=O)NCCOCCOCCN)cc3)nc(NC3CCCCC3)n2)cc1. The van der Waals surface area contributed by atoms with Gasteiger partial charge in [-0.3, -0.25) is 4.79 Å². The third-order valence-electron chi connectivity index (χ3n) is 6.96. The maximum absolute atomic E-state index is 12.3. The van der Waals surface area contributed by atoms with Gasteiger partial charge in [0.1, 0.15) is 5.75 Å². The number of ether oxygens (including phenoxy) is 3. The van der Waals surface area contributed by atoms with E-state index in [1.54, 1.807) is 7.11 Å². The molecular formula is C31H44N8O4. The molecule has 1 aliphatic carbocycles. The predicted octanol–water partition coefficient (Wildman–Crippen LogP) is 3.63. The molecule has 1 aromatic heterocycles. The summed E-state index contributed by atoms with van der Waals surface area (Å²) in [5, 5.41) is 13.0. The van der Waals surface area contributed by atoms with Crippen molar-refractivity contribution in [2.45, 2.75) is 51.1 Å². The Labute approximate surface area is 253 Å². The van der Waals surface area contributed by atoms with Gasteiger partial charge in [-0.2, -0.15) is 15.0 Å². The second kappa shape index (κ2) is 17.8. The third kappa shape index (κ3) is 11.7. The van der Waals surface area contributed by atoms with E-state index in [9.17, 15) is 4.79 Å². The molecule has 0 unspecified atom stereocenters. The molecule has 12 heteroatoms. The van der Waals surface area contributed by atoms with Crippen molar-refractivity contribution >= 4 is 29.4 Å². The summed E-state index contributed by atoms with van der Waals surface area (Å²) in [7, 11) is 1.65. The second-order valence-corrected chi connectivity index (χ2v) is 10.3. The highest BCUT2D eigenvalue weighted by molar-refractivity contribution is 5.78. The van der Waals surface area contributed by atoms with Crippen molar-refractivity contribution in [3.8, 4) is 5.75 Å². The lowest BCUT2D eigenvalue weighted by atomic mass is 9.96. The molecule has 4 rings (SSSR count). The standard InChI is InChI=1S/C31H44N8O4/c1-41-27-13-9-24(10-14-27)22-34-29-37-30(35-25-5-3-2-4-6-25)39-31(38-29)36-26-11-7-23(8-12-26)21-28(40)33-16-18-43-20-19-42-17-15-32/h7-14,25H,2-6,15-22,32H2,1H3,(H,33,40)(H3,34,35,36,37,38,39). The molecule has 0 bridgehead atoms. The molecule has 2 aromatic carbocycles. The molecule has 1 fully saturated rings. The van der Waals surface area contributed by atoms with Crippen LogP contribution in [-0.4, -0.2) is 73.5 Å². The van der Waals surface area contributed by atoms with E-state index in [1.807, 2.05) is 48.5 Å². The summed E-state index contributed by atoms with van der Waals surface area (Å²) in [4.78, 5) is 26.2. The first-order valence-corrected chi connectivity index (χ1v) is 15.0.